The molecule has 102 valence electrons. The van der Waals surface area contributed by atoms with E-state index in [9.17, 15) is 19.8 Å². The van der Waals surface area contributed by atoms with Gasteiger partial charge in [-0.2, -0.15) is 0 Å². The Bertz CT molecular complexity index is 312. The first-order chi connectivity index (χ1) is 8.25. The van der Waals surface area contributed by atoms with Gasteiger partial charge in [-0.15, -0.1) is 0 Å². The van der Waals surface area contributed by atoms with Gasteiger partial charge in [0.1, 0.15) is 13.2 Å². The molecule has 0 fully saturated rings. The summed E-state index contributed by atoms with van der Waals surface area (Å²) in [6.07, 6.45) is -3.97. The predicted molar refractivity (Wildman–Crippen MR) is 63.6 cm³/mol. The quantitative estimate of drug-likeness (QED) is 0.491. The molecule has 0 saturated carbocycles. The average molecular weight is 258 g/mol. The zero-order valence-corrected chi connectivity index (χ0v) is 10.5. The molecule has 0 radical (unpaired) electrons. The molecule has 0 aliphatic rings. The maximum atomic E-state index is 11.2. The Morgan fingerprint density at radius 3 is 1.44 bits per heavy atom. The maximum absolute atomic E-state index is 11.2. The predicted octanol–water partition coefficient (Wildman–Crippen LogP) is -0.0532. The molecule has 2 N–H and O–H groups in total. The molecule has 0 spiro atoms. The van der Waals surface area contributed by atoms with Gasteiger partial charge < -0.3 is 19.7 Å². The van der Waals surface area contributed by atoms with Gasteiger partial charge >= 0.3 is 11.9 Å². The Hall–Kier alpha value is -1.66. The Kier molecular flexibility index (Phi) is 6.92. The standard InChI is InChI=1S/C12H18O6/c1-7(2)5-17-11(15)9(13)10(14)12(16)18-6-8(3)4/h9-10,13-14H,1,3,5-6H2,2,4H3. The molecule has 0 saturated heterocycles. The molecule has 0 aromatic rings. The highest BCUT2D eigenvalue weighted by Crippen LogP contribution is 2.02. The van der Waals surface area contributed by atoms with Crippen LogP contribution in [0.3, 0.4) is 0 Å². The molecule has 18 heavy (non-hydrogen) atoms. The van der Waals surface area contributed by atoms with Crippen molar-refractivity contribution < 1.29 is 29.3 Å². The highest BCUT2D eigenvalue weighted by molar-refractivity contribution is 5.85. The van der Waals surface area contributed by atoms with Gasteiger partial charge in [-0.05, 0) is 25.0 Å². The maximum Gasteiger partial charge on any atom is 0.338 e. The SMILES string of the molecule is C=C(C)COC(=O)C(O)C(O)C(=O)OCC(=C)C. The zero-order chi connectivity index (χ0) is 14.3. The monoisotopic (exact) mass is 258 g/mol. The third-order valence-corrected chi connectivity index (χ3v) is 1.70. The van der Waals surface area contributed by atoms with E-state index < -0.39 is 24.1 Å². The van der Waals surface area contributed by atoms with Crippen molar-refractivity contribution in [2.75, 3.05) is 13.2 Å². The van der Waals surface area contributed by atoms with Crippen LogP contribution in [-0.4, -0.2) is 47.6 Å². The molecule has 0 aliphatic carbocycles. The van der Waals surface area contributed by atoms with Crippen molar-refractivity contribution in [2.45, 2.75) is 26.1 Å². The summed E-state index contributed by atoms with van der Waals surface area (Å²) in [6.45, 7) is 10.0. The lowest BCUT2D eigenvalue weighted by Crippen LogP contribution is -2.41. The van der Waals surface area contributed by atoms with Crippen LogP contribution in [-0.2, 0) is 19.1 Å². The van der Waals surface area contributed by atoms with Gasteiger partial charge in [0.05, 0.1) is 0 Å². The lowest BCUT2D eigenvalue weighted by atomic mass is 10.2. The first-order valence-electron chi connectivity index (χ1n) is 5.24. The normalized spacial score (nSPS) is 13.3. The molecular formula is C12H18O6. The van der Waals surface area contributed by atoms with Gasteiger partial charge in [0.15, 0.2) is 12.2 Å². The smallest absolute Gasteiger partial charge is 0.338 e. The second kappa shape index (κ2) is 7.62. The van der Waals surface area contributed by atoms with Crippen LogP contribution in [0.5, 0.6) is 0 Å². The van der Waals surface area contributed by atoms with Crippen molar-refractivity contribution in [1.82, 2.24) is 0 Å². The van der Waals surface area contributed by atoms with Crippen LogP contribution < -0.4 is 0 Å². The summed E-state index contributed by atoms with van der Waals surface area (Å²) in [5.74, 6) is -2.23. The van der Waals surface area contributed by atoms with Gasteiger partial charge in [0.2, 0.25) is 0 Å². The van der Waals surface area contributed by atoms with Crippen molar-refractivity contribution in [3.8, 4) is 0 Å². The molecule has 2 atom stereocenters. The molecule has 0 bridgehead atoms. The van der Waals surface area contributed by atoms with Crippen molar-refractivity contribution in [3.63, 3.8) is 0 Å². The number of carbonyl (C=O) groups excluding carboxylic acids is 2. The molecule has 6 nitrogen and oxygen atoms in total. The topological polar surface area (TPSA) is 93.1 Å². The summed E-state index contributed by atoms with van der Waals surface area (Å²) in [5, 5.41) is 18.7. The molecular weight excluding hydrogens is 240 g/mol. The number of hydrogen-bond acceptors (Lipinski definition) is 6. The Morgan fingerprint density at radius 2 is 1.22 bits per heavy atom. The van der Waals surface area contributed by atoms with Crippen LogP contribution in [0.25, 0.3) is 0 Å². The van der Waals surface area contributed by atoms with E-state index in [0.717, 1.165) is 0 Å². The van der Waals surface area contributed by atoms with Crippen LogP contribution in [0.1, 0.15) is 13.8 Å². The number of aliphatic hydroxyl groups excluding tert-OH is 2. The Morgan fingerprint density at radius 1 is 0.944 bits per heavy atom. The van der Waals surface area contributed by atoms with Crippen LogP contribution in [0, 0.1) is 0 Å². The van der Waals surface area contributed by atoms with Crippen molar-refractivity contribution >= 4 is 11.9 Å². The van der Waals surface area contributed by atoms with Gasteiger partial charge in [0, 0.05) is 0 Å². The van der Waals surface area contributed by atoms with Crippen molar-refractivity contribution in [3.05, 3.63) is 24.3 Å². The van der Waals surface area contributed by atoms with E-state index in [-0.39, 0.29) is 13.2 Å². The molecule has 6 heteroatoms. The van der Waals surface area contributed by atoms with E-state index in [0.29, 0.717) is 11.1 Å². The molecule has 0 amide bonds. The average Bonchev–Trinajstić information content (AvgIpc) is 2.30. The number of carbonyl (C=O) groups is 2. The molecule has 0 aromatic heterocycles. The largest absolute Gasteiger partial charge is 0.459 e. The molecule has 0 rings (SSSR count). The summed E-state index contributed by atoms with van der Waals surface area (Å²) in [7, 11) is 0. The number of esters is 2. The van der Waals surface area contributed by atoms with Crippen LogP contribution in [0.2, 0.25) is 0 Å². The molecule has 0 aromatic carbocycles. The fourth-order valence-electron chi connectivity index (χ4n) is 0.817. The summed E-state index contributed by atoms with van der Waals surface area (Å²) >= 11 is 0. The second-order valence-electron chi connectivity index (χ2n) is 4.02. The van der Waals surface area contributed by atoms with Crippen LogP contribution in [0.15, 0.2) is 24.3 Å². The Balaban J connectivity index is 4.26. The second-order valence-corrected chi connectivity index (χ2v) is 4.02. The zero-order valence-electron chi connectivity index (χ0n) is 10.5. The van der Waals surface area contributed by atoms with E-state index in [4.69, 9.17) is 0 Å². The van der Waals surface area contributed by atoms with E-state index in [1.165, 1.54) is 0 Å². The minimum absolute atomic E-state index is 0.0938. The lowest BCUT2D eigenvalue weighted by molar-refractivity contribution is -0.172. The number of rotatable bonds is 7. The highest BCUT2D eigenvalue weighted by Gasteiger charge is 2.32. The third-order valence-electron chi connectivity index (χ3n) is 1.70. The lowest BCUT2D eigenvalue weighted by Gasteiger charge is -2.15. The van der Waals surface area contributed by atoms with Crippen LogP contribution >= 0.6 is 0 Å². The third kappa shape index (κ3) is 6.17. The first kappa shape index (κ1) is 16.3. The van der Waals surface area contributed by atoms with Crippen molar-refractivity contribution in [1.29, 1.82) is 0 Å². The summed E-state index contributed by atoms with van der Waals surface area (Å²) in [5.41, 5.74) is 1.13. The minimum atomic E-state index is -1.98. The van der Waals surface area contributed by atoms with E-state index in [1.807, 2.05) is 0 Å². The van der Waals surface area contributed by atoms with Gasteiger partial charge in [-0.1, -0.05) is 13.2 Å². The van der Waals surface area contributed by atoms with Gasteiger partial charge in [0.25, 0.3) is 0 Å². The first-order valence-corrected chi connectivity index (χ1v) is 5.24. The number of hydrogen-bond donors (Lipinski definition) is 2. The summed E-state index contributed by atoms with van der Waals surface area (Å²) < 4.78 is 9.18. The van der Waals surface area contributed by atoms with E-state index >= 15 is 0 Å². The fourth-order valence-corrected chi connectivity index (χ4v) is 0.817. The van der Waals surface area contributed by atoms with Crippen LogP contribution in [0.4, 0.5) is 0 Å². The molecule has 0 aliphatic heterocycles. The van der Waals surface area contributed by atoms with E-state index in [2.05, 4.69) is 22.6 Å². The summed E-state index contributed by atoms with van der Waals surface area (Å²) in [4.78, 5) is 22.5. The Labute approximate surface area is 106 Å². The number of ether oxygens (including phenoxy) is 2. The number of aliphatic hydroxyl groups is 2. The van der Waals surface area contributed by atoms with Gasteiger partial charge in [-0.3, -0.25) is 0 Å². The molecule has 0 heterocycles. The fraction of sp³-hybridized carbons (Fsp3) is 0.500. The summed E-state index contributed by atoms with van der Waals surface area (Å²) in [6, 6.07) is 0. The van der Waals surface area contributed by atoms with Crippen molar-refractivity contribution in [2.24, 2.45) is 0 Å². The minimum Gasteiger partial charge on any atom is -0.459 e. The van der Waals surface area contributed by atoms with Gasteiger partial charge in [-0.25, -0.2) is 9.59 Å². The molecule has 2 unspecified atom stereocenters. The van der Waals surface area contributed by atoms with E-state index in [1.54, 1.807) is 13.8 Å². The highest BCUT2D eigenvalue weighted by atomic mass is 16.6.